The van der Waals surface area contributed by atoms with Crippen molar-refractivity contribution in [1.29, 1.82) is 0 Å². The van der Waals surface area contributed by atoms with Crippen LogP contribution in [0.25, 0.3) is 0 Å². The van der Waals surface area contributed by atoms with Crippen LogP contribution in [0.15, 0.2) is 12.3 Å². The van der Waals surface area contributed by atoms with Gasteiger partial charge in [0, 0.05) is 25.6 Å². The Bertz CT molecular complexity index is 374. The van der Waals surface area contributed by atoms with Crippen LogP contribution in [0.3, 0.4) is 0 Å². The number of aromatic nitrogens is 2. The molecule has 2 rings (SSSR count). The number of aliphatic hydroxyl groups is 1. The number of ketones is 1. The average molecular weight is 222 g/mol. The molecular formula is C12H18N2O2. The van der Waals surface area contributed by atoms with Crippen LogP contribution in [0.2, 0.25) is 0 Å². The molecule has 1 aliphatic rings. The molecule has 0 bridgehead atoms. The summed E-state index contributed by atoms with van der Waals surface area (Å²) in [5, 5.41) is 14.8. The van der Waals surface area contributed by atoms with E-state index in [2.05, 4.69) is 12.0 Å². The van der Waals surface area contributed by atoms with Crippen molar-refractivity contribution in [3.8, 4) is 0 Å². The quantitative estimate of drug-likeness (QED) is 0.845. The fraction of sp³-hybridized carbons (Fsp3) is 0.667. The summed E-state index contributed by atoms with van der Waals surface area (Å²) in [7, 11) is 0. The highest BCUT2D eigenvalue weighted by Crippen LogP contribution is 2.35. The van der Waals surface area contributed by atoms with E-state index in [-0.39, 0.29) is 5.78 Å². The van der Waals surface area contributed by atoms with Crippen molar-refractivity contribution < 1.29 is 9.90 Å². The van der Waals surface area contributed by atoms with Gasteiger partial charge < -0.3 is 5.11 Å². The van der Waals surface area contributed by atoms with Gasteiger partial charge in [-0.15, -0.1) is 0 Å². The molecule has 0 saturated heterocycles. The van der Waals surface area contributed by atoms with Gasteiger partial charge in [-0.3, -0.25) is 9.48 Å². The van der Waals surface area contributed by atoms with Gasteiger partial charge in [-0.1, -0.05) is 6.92 Å². The molecule has 0 aliphatic heterocycles. The van der Waals surface area contributed by atoms with E-state index in [0.717, 1.165) is 18.7 Å². The Morgan fingerprint density at radius 2 is 2.19 bits per heavy atom. The standard InChI is InChI=1S/C12H18N2O2/c1-2-9-14-11(5-8-13-14)12(16)6-3-10(15)4-7-12/h5,8,16H,2-4,6-7,9H2,1H3. The van der Waals surface area contributed by atoms with Gasteiger partial charge in [0.25, 0.3) is 0 Å². The van der Waals surface area contributed by atoms with Crippen LogP contribution >= 0.6 is 0 Å². The second kappa shape index (κ2) is 4.37. The number of Topliss-reactive ketones (excluding diaryl/α,β-unsaturated/α-hetero) is 1. The first-order chi connectivity index (χ1) is 7.65. The predicted molar refractivity (Wildman–Crippen MR) is 59.9 cm³/mol. The zero-order valence-electron chi connectivity index (χ0n) is 9.65. The van der Waals surface area contributed by atoms with Crippen molar-refractivity contribution in [2.75, 3.05) is 0 Å². The summed E-state index contributed by atoms with van der Waals surface area (Å²) in [5.74, 6) is 0.256. The third-order valence-electron chi connectivity index (χ3n) is 3.26. The van der Waals surface area contributed by atoms with Gasteiger partial charge in [0.15, 0.2) is 0 Å². The molecule has 0 aromatic carbocycles. The molecule has 1 heterocycles. The Balaban J connectivity index is 2.21. The number of hydrogen-bond donors (Lipinski definition) is 1. The summed E-state index contributed by atoms with van der Waals surface area (Å²) in [4.78, 5) is 11.2. The summed E-state index contributed by atoms with van der Waals surface area (Å²) in [6.45, 7) is 2.90. The van der Waals surface area contributed by atoms with E-state index < -0.39 is 5.60 Å². The van der Waals surface area contributed by atoms with Crippen molar-refractivity contribution in [3.63, 3.8) is 0 Å². The summed E-state index contributed by atoms with van der Waals surface area (Å²) in [6.07, 6.45) is 4.73. The topological polar surface area (TPSA) is 55.1 Å². The van der Waals surface area contributed by atoms with Gasteiger partial charge in [0.1, 0.15) is 11.4 Å². The highest BCUT2D eigenvalue weighted by molar-refractivity contribution is 5.79. The molecule has 1 fully saturated rings. The maximum atomic E-state index is 11.2. The third kappa shape index (κ3) is 2.02. The number of carbonyl (C=O) groups is 1. The first-order valence-corrected chi connectivity index (χ1v) is 5.92. The van der Waals surface area contributed by atoms with E-state index in [0.29, 0.717) is 25.7 Å². The zero-order valence-corrected chi connectivity index (χ0v) is 9.65. The maximum absolute atomic E-state index is 11.2. The molecule has 0 unspecified atom stereocenters. The van der Waals surface area contributed by atoms with Crippen molar-refractivity contribution in [2.45, 2.75) is 51.2 Å². The van der Waals surface area contributed by atoms with Crippen molar-refractivity contribution in [1.82, 2.24) is 9.78 Å². The number of rotatable bonds is 3. The van der Waals surface area contributed by atoms with E-state index in [1.54, 1.807) is 6.20 Å². The Morgan fingerprint density at radius 3 is 2.81 bits per heavy atom. The van der Waals surface area contributed by atoms with Gasteiger partial charge in [-0.2, -0.15) is 5.10 Å². The molecule has 16 heavy (non-hydrogen) atoms. The van der Waals surface area contributed by atoms with Crippen LogP contribution in [0, 0.1) is 0 Å². The lowest BCUT2D eigenvalue weighted by atomic mass is 9.82. The van der Waals surface area contributed by atoms with Gasteiger partial charge in [-0.05, 0) is 25.3 Å². The van der Waals surface area contributed by atoms with Gasteiger partial charge >= 0.3 is 0 Å². The first-order valence-electron chi connectivity index (χ1n) is 5.92. The first kappa shape index (κ1) is 11.3. The molecule has 0 radical (unpaired) electrons. The van der Waals surface area contributed by atoms with Crippen LogP contribution in [0.4, 0.5) is 0 Å². The Labute approximate surface area is 95.3 Å². The Morgan fingerprint density at radius 1 is 1.50 bits per heavy atom. The molecule has 0 atom stereocenters. The zero-order chi connectivity index (χ0) is 11.6. The van der Waals surface area contributed by atoms with E-state index in [1.807, 2.05) is 10.7 Å². The van der Waals surface area contributed by atoms with Gasteiger partial charge in [-0.25, -0.2) is 0 Å². The average Bonchev–Trinajstić information content (AvgIpc) is 2.72. The Hall–Kier alpha value is -1.16. The predicted octanol–water partition coefficient (Wildman–Crippen LogP) is 1.62. The lowest BCUT2D eigenvalue weighted by Gasteiger charge is -2.31. The van der Waals surface area contributed by atoms with Crippen molar-refractivity contribution in [2.24, 2.45) is 0 Å². The summed E-state index contributed by atoms with van der Waals surface area (Å²) < 4.78 is 1.86. The second-order valence-corrected chi connectivity index (χ2v) is 4.51. The fourth-order valence-electron chi connectivity index (χ4n) is 2.32. The third-order valence-corrected chi connectivity index (χ3v) is 3.26. The smallest absolute Gasteiger partial charge is 0.133 e. The van der Waals surface area contributed by atoms with Crippen LogP contribution < -0.4 is 0 Å². The molecule has 4 heteroatoms. The molecule has 4 nitrogen and oxygen atoms in total. The van der Waals surface area contributed by atoms with Crippen molar-refractivity contribution >= 4 is 5.78 Å². The minimum atomic E-state index is -0.848. The fourth-order valence-corrected chi connectivity index (χ4v) is 2.32. The molecule has 0 amide bonds. The lowest BCUT2D eigenvalue weighted by molar-refractivity contribution is -0.126. The molecule has 1 aliphatic carbocycles. The van der Waals surface area contributed by atoms with Crippen LogP contribution in [0.1, 0.15) is 44.7 Å². The minimum absolute atomic E-state index is 0.256. The van der Waals surface area contributed by atoms with Crippen LogP contribution in [-0.2, 0) is 16.9 Å². The highest BCUT2D eigenvalue weighted by Gasteiger charge is 2.36. The largest absolute Gasteiger partial charge is 0.384 e. The molecule has 0 spiro atoms. The summed E-state index contributed by atoms with van der Waals surface area (Å²) in [5.41, 5.74) is 0.0152. The van der Waals surface area contributed by atoms with E-state index in [4.69, 9.17) is 0 Å². The van der Waals surface area contributed by atoms with Crippen molar-refractivity contribution in [3.05, 3.63) is 18.0 Å². The number of hydrogen-bond acceptors (Lipinski definition) is 3. The van der Waals surface area contributed by atoms with Gasteiger partial charge in [0.05, 0.1) is 5.69 Å². The molecule has 1 aromatic heterocycles. The van der Waals surface area contributed by atoms with Gasteiger partial charge in [0.2, 0.25) is 0 Å². The number of carbonyl (C=O) groups excluding carboxylic acids is 1. The van der Waals surface area contributed by atoms with Crippen LogP contribution in [0.5, 0.6) is 0 Å². The second-order valence-electron chi connectivity index (χ2n) is 4.51. The summed E-state index contributed by atoms with van der Waals surface area (Å²) >= 11 is 0. The molecule has 1 N–H and O–H groups in total. The minimum Gasteiger partial charge on any atom is -0.384 e. The van der Waals surface area contributed by atoms with E-state index in [9.17, 15) is 9.90 Å². The molecule has 88 valence electrons. The highest BCUT2D eigenvalue weighted by atomic mass is 16.3. The number of nitrogens with zero attached hydrogens (tertiary/aromatic N) is 2. The molecule has 1 saturated carbocycles. The SMILES string of the molecule is CCCn1nccc1C1(O)CCC(=O)CC1. The maximum Gasteiger partial charge on any atom is 0.133 e. The van der Waals surface area contributed by atoms with Crippen LogP contribution in [-0.4, -0.2) is 20.7 Å². The normalized spacial score (nSPS) is 20.0. The lowest BCUT2D eigenvalue weighted by Crippen LogP contribution is -2.34. The van der Waals surface area contributed by atoms with E-state index >= 15 is 0 Å². The monoisotopic (exact) mass is 222 g/mol. The molecule has 1 aromatic rings. The van der Waals surface area contributed by atoms with E-state index in [1.165, 1.54) is 0 Å². The number of aryl methyl sites for hydroxylation is 1. The molecular weight excluding hydrogens is 204 g/mol. The Kier molecular flexibility index (Phi) is 3.10. The summed E-state index contributed by atoms with van der Waals surface area (Å²) in [6, 6.07) is 1.87.